The predicted octanol–water partition coefficient (Wildman–Crippen LogP) is 2.04. The zero-order chi connectivity index (χ0) is 17.6. The van der Waals surface area contributed by atoms with E-state index in [1.807, 2.05) is 6.92 Å². The fraction of sp³-hybridized carbons (Fsp3) is 0.947. The highest BCUT2D eigenvalue weighted by atomic mass is 16.5. The maximum Gasteiger partial charge on any atom is 0.312 e. The van der Waals surface area contributed by atoms with Gasteiger partial charge in [0.15, 0.2) is 0 Å². The summed E-state index contributed by atoms with van der Waals surface area (Å²) >= 11 is 0. The van der Waals surface area contributed by atoms with Gasteiger partial charge >= 0.3 is 5.97 Å². The van der Waals surface area contributed by atoms with Gasteiger partial charge in [-0.3, -0.25) is 9.69 Å². The van der Waals surface area contributed by atoms with Gasteiger partial charge in [-0.15, -0.1) is 0 Å². The highest BCUT2D eigenvalue weighted by Crippen LogP contribution is 2.72. The third kappa shape index (κ3) is 2.20. The first kappa shape index (κ1) is 18.2. The molecule has 5 nitrogen and oxygen atoms in total. The Hall–Kier alpha value is -0.650. The molecule has 0 unspecified atom stereocenters. The summed E-state index contributed by atoms with van der Waals surface area (Å²) in [5.74, 6) is 0.273. The maximum atomic E-state index is 12.9. The smallest absolute Gasteiger partial charge is 0.312 e. The molecule has 3 rings (SSSR count). The van der Waals surface area contributed by atoms with Gasteiger partial charge in [-0.1, -0.05) is 20.8 Å². The van der Waals surface area contributed by atoms with E-state index in [4.69, 9.17) is 15.2 Å². The Labute approximate surface area is 146 Å². The lowest BCUT2D eigenvalue weighted by Crippen LogP contribution is -2.68. The van der Waals surface area contributed by atoms with Gasteiger partial charge in [0.25, 0.3) is 0 Å². The standard InChI is InChI=1S/C19H34N2O3/c1-5-24-16(22)15(13-20)19(21-8-10-23-11-9-21)12-14-6-7-18(19,4)17(14,2)3/h14-15H,5-13,20H2,1-4H3/t14-,15+,18+,19+/m0/s1. The molecule has 1 aliphatic heterocycles. The molecule has 2 bridgehead atoms. The van der Waals surface area contributed by atoms with E-state index in [-0.39, 0.29) is 28.3 Å². The number of nitrogens with two attached hydrogens (primary N) is 1. The number of carbonyl (C=O) groups excluding carboxylic acids is 1. The van der Waals surface area contributed by atoms with Crippen molar-refractivity contribution in [2.45, 2.75) is 52.5 Å². The van der Waals surface area contributed by atoms with E-state index in [0.29, 0.717) is 19.1 Å². The summed E-state index contributed by atoms with van der Waals surface area (Å²) in [5, 5.41) is 0. The molecule has 2 aliphatic carbocycles. The van der Waals surface area contributed by atoms with Gasteiger partial charge in [-0.25, -0.2) is 0 Å². The molecule has 3 fully saturated rings. The first-order valence-electron chi connectivity index (χ1n) is 9.54. The van der Waals surface area contributed by atoms with E-state index in [9.17, 15) is 4.79 Å². The van der Waals surface area contributed by atoms with Crippen molar-refractivity contribution >= 4 is 5.97 Å². The molecule has 0 aromatic carbocycles. The van der Waals surface area contributed by atoms with Crippen LogP contribution in [0.2, 0.25) is 0 Å². The van der Waals surface area contributed by atoms with Gasteiger partial charge in [0.05, 0.1) is 25.7 Å². The summed E-state index contributed by atoms with van der Waals surface area (Å²) in [5.41, 5.74) is 6.27. The number of nitrogens with zero attached hydrogens (tertiary/aromatic N) is 1. The van der Waals surface area contributed by atoms with E-state index in [2.05, 4.69) is 25.7 Å². The van der Waals surface area contributed by atoms with Crippen LogP contribution in [0, 0.1) is 22.7 Å². The van der Waals surface area contributed by atoms with Crippen LogP contribution in [0.15, 0.2) is 0 Å². The summed E-state index contributed by atoms with van der Waals surface area (Å²) in [6.07, 6.45) is 3.48. The van der Waals surface area contributed by atoms with Crippen molar-refractivity contribution in [3.63, 3.8) is 0 Å². The number of esters is 1. The summed E-state index contributed by atoms with van der Waals surface area (Å²) in [6.45, 7) is 13.1. The average molecular weight is 338 g/mol. The summed E-state index contributed by atoms with van der Waals surface area (Å²) in [7, 11) is 0. The fourth-order valence-corrected chi connectivity index (χ4v) is 6.25. The number of carbonyl (C=O) groups is 1. The molecule has 138 valence electrons. The van der Waals surface area contributed by atoms with Crippen molar-refractivity contribution in [2.75, 3.05) is 39.5 Å². The molecular formula is C19H34N2O3. The van der Waals surface area contributed by atoms with E-state index in [1.54, 1.807) is 0 Å². The Kier molecular flexibility index (Phi) is 4.73. The molecule has 5 heteroatoms. The molecule has 3 aliphatic rings. The summed E-state index contributed by atoms with van der Waals surface area (Å²) in [6, 6.07) is 0. The van der Waals surface area contributed by atoms with Gasteiger partial charge in [-0.2, -0.15) is 0 Å². The lowest BCUT2D eigenvalue weighted by Gasteiger charge is -2.58. The first-order chi connectivity index (χ1) is 11.3. The molecule has 1 saturated heterocycles. The van der Waals surface area contributed by atoms with Crippen molar-refractivity contribution in [1.82, 2.24) is 4.90 Å². The number of ether oxygens (including phenoxy) is 2. The molecule has 1 heterocycles. The van der Waals surface area contributed by atoms with Crippen LogP contribution in [0.25, 0.3) is 0 Å². The topological polar surface area (TPSA) is 64.8 Å². The number of hydrogen-bond acceptors (Lipinski definition) is 5. The average Bonchev–Trinajstić information content (AvgIpc) is 2.89. The molecule has 24 heavy (non-hydrogen) atoms. The molecular weight excluding hydrogens is 304 g/mol. The van der Waals surface area contributed by atoms with Gasteiger partial charge in [0.2, 0.25) is 0 Å². The third-order valence-corrected chi connectivity index (χ3v) is 7.91. The van der Waals surface area contributed by atoms with Crippen LogP contribution < -0.4 is 5.73 Å². The van der Waals surface area contributed by atoms with Crippen LogP contribution in [0.5, 0.6) is 0 Å². The van der Waals surface area contributed by atoms with Crippen molar-refractivity contribution < 1.29 is 14.3 Å². The Morgan fingerprint density at radius 1 is 1.33 bits per heavy atom. The van der Waals surface area contributed by atoms with E-state index in [1.165, 1.54) is 6.42 Å². The summed E-state index contributed by atoms with van der Waals surface area (Å²) in [4.78, 5) is 15.4. The lowest BCUT2D eigenvalue weighted by molar-refractivity contribution is -0.168. The molecule has 0 aromatic heterocycles. The first-order valence-corrected chi connectivity index (χ1v) is 9.54. The molecule has 4 atom stereocenters. The molecule has 0 amide bonds. The monoisotopic (exact) mass is 338 g/mol. The second kappa shape index (κ2) is 6.26. The van der Waals surface area contributed by atoms with Crippen molar-refractivity contribution in [2.24, 2.45) is 28.4 Å². The van der Waals surface area contributed by atoms with Crippen molar-refractivity contribution in [3.8, 4) is 0 Å². The lowest BCUT2D eigenvalue weighted by atomic mass is 9.57. The predicted molar refractivity (Wildman–Crippen MR) is 93.5 cm³/mol. The van der Waals surface area contributed by atoms with Gasteiger partial charge in [-0.05, 0) is 42.9 Å². The number of morpholine rings is 1. The maximum absolute atomic E-state index is 12.9. The van der Waals surface area contributed by atoms with E-state index in [0.717, 1.165) is 39.1 Å². The highest BCUT2D eigenvalue weighted by Gasteiger charge is 2.73. The van der Waals surface area contributed by atoms with Gasteiger partial charge in [0.1, 0.15) is 0 Å². The van der Waals surface area contributed by atoms with Gasteiger partial charge < -0.3 is 15.2 Å². The number of rotatable bonds is 5. The van der Waals surface area contributed by atoms with E-state index >= 15 is 0 Å². The molecule has 2 saturated carbocycles. The molecule has 0 radical (unpaired) electrons. The normalized spacial score (nSPS) is 39.8. The Bertz CT molecular complexity index is 489. The second-order valence-electron chi connectivity index (χ2n) is 8.56. The van der Waals surface area contributed by atoms with Crippen LogP contribution in [0.1, 0.15) is 47.0 Å². The molecule has 0 spiro atoms. The zero-order valence-electron chi connectivity index (χ0n) is 15.8. The fourth-order valence-electron chi connectivity index (χ4n) is 6.25. The summed E-state index contributed by atoms with van der Waals surface area (Å²) < 4.78 is 11.1. The number of hydrogen-bond donors (Lipinski definition) is 1. The minimum Gasteiger partial charge on any atom is -0.466 e. The highest BCUT2D eigenvalue weighted by molar-refractivity contribution is 5.75. The number of fused-ring (bicyclic) bond motifs is 2. The molecule has 2 N–H and O–H groups in total. The SMILES string of the molecule is CCOC(=O)[C@@H](CN)[C@]1(N2CCOCC2)C[C@@H]2CC[C@]1(C)C2(C)C. The minimum absolute atomic E-state index is 0.0683. The minimum atomic E-state index is -0.259. The van der Waals surface area contributed by atoms with Crippen LogP contribution in [-0.2, 0) is 14.3 Å². The Morgan fingerprint density at radius 3 is 2.46 bits per heavy atom. The van der Waals surface area contributed by atoms with E-state index < -0.39 is 0 Å². The van der Waals surface area contributed by atoms with Crippen molar-refractivity contribution in [1.29, 1.82) is 0 Å². The second-order valence-corrected chi connectivity index (χ2v) is 8.56. The van der Waals surface area contributed by atoms with Crippen molar-refractivity contribution in [3.05, 3.63) is 0 Å². The quantitative estimate of drug-likeness (QED) is 0.777. The molecule has 0 aromatic rings. The van der Waals surface area contributed by atoms with Crippen LogP contribution in [-0.4, -0.2) is 55.9 Å². The third-order valence-electron chi connectivity index (χ3n) is 7.91. The Balaban J connectivity index is 2.07. The van der Waals surface area contributed by atoms with Crippen LogP contribution >= 0.6 is 0 Å². The Morgan fingerprint density at radius 2 is 2.00 bits per heavy atom. The largest absolute Gasteiger partial charge is 0.466 e. The zero-order valence-corrected chi connectivity index (χ0v) is 15.8. The van der Waals surface area contributed by atoms with Crippen LogP contribution in [0.4, 0.5) is 0 Å². The van der Waals surface area contributed by atoms with Gasteiger partial charge in [0, 0.05) is 25.2 Å². The van der Waals surface area contributed by atoms with Crippen LogP contribution in [0.3, 0.4) is 0 Å².